The van der Waals surface area contributed by atoms with Crippen molar-refractivity contribution in [1.29, 1.82) is 0 Å². The number of carbonyl (C=O) groups is 1. The van der Waals surface area contributed by atoms with Crippen molar-refractivity contribution in [1.82, 2.24) is 9.80 Å². The van der Waals surface area contributed by atoms with Crippen LogP contribution in [0.2, 0.25) is 0 Å². The predicted molar refractivity (Wildman–Crippen MR) is 72.4 cm³/mol. The zero-order valence-electron chi connectivity index (χ0n) is 11.7. The molecule has 1 atom stereocenters. The molecule has 1 aliphatic heterocycles. The first-order chi connectivity index (χ1) is 8.69. The van der Waals surface area contributed by atoms with E-state index in [-0.39, 0.29) is 11.9 Å². The van der Waals surface area contributed by atoms with Gasteiger partial charge in [-0.25, -0.2) is 0 Å². The number of nitrogens with two attached hydrogens (primary N) is 1. The van der Waals surface area contributed by atoms with Crippen LogP contribution >= 0.6 is 0 Å². The van der Waals surface area contributed by atoms with Gasteiger partial charge in [0, 0.05) is 33.3 Å². The number of nitrogens with zero attached hydrogens (tertiary/aromatic N) is 2. The van der Waals surface area contributed by atoms with Gasteiger partial charge in [-0.15, -0.1) is 0 Å². The molecule has 0 unspecified atom stereocenters. The van der Waals surface area contributed by atoms with Gasteiger partial charge in [0.05, 0.1) is 12.6 Å². The van der Waals surface area contributed by atoms with Crippen molar-refractivity contribution in [2.45, 2.75) is 32.2 Å². The lowest BCUT2D eigenvalue weighted by atomic mass is 10.1. The summed E-state index contributed by atoms with van der Waals surface area (Å²) in [5.74, 6) is 0.116. The van der Waals surface area contributed by atoms with E-state index in [9.17, 15) is 4.79 Å². The van der Waals surface area contributed by atoms with Crippen molar-refractivity contribution < 1.29 is 9.53 Å². The third-order valence-electron chi connectivity index (χ3n) is 3.43. The van der Waals surface area contributed by atoms with E-state index in [1.165, 1.54) is 0 Å². The average Bonchev–Trinajstić information content (AvgIpc) is 2.61. The fraction of sp³-hybridized carbons (Fsp3) is 0.923. The van der Waals surface area contributed by atoms with Crippen molar-refractivity contribution in [3.05, 3.63) is 0 Å². The molecule has 0 aliphatic carbocycles. The molecule has 5 heteroatoms. The topological polar surface area (TPSA) is 58.8 Å². The van der Waals surface area contributed by atoms with Crippen molar-refractivity contribution >= 4 is 5.91 Å². The normalized spacial score (nSPS) is 19.6. The summed E-state index contributed by atoms with van der Waals surface area (Å²) in [6.45, 7) is 7.34. The molecule has 1 heterocycles. The molecule has 1 amide bonds. The summed E-state index contributed by atoms with van der Waals surface area (Å²) in [5.41, 5.74) is 5.90. The minimum atomic E-state index is -0.319. The molecule has 0 aromatic heterocycles. The quantitative estimate of drug-likeness (QED) is 0.743. The number of carbonyl (C=O) groups excluding carboxylic acids is 1. The largest absolute Gasteiger partial charge is 0.383 e. The minimum absolute atomic E-state index is 0.116. The van der Waals surface area contributed by atoms with Crippen LogP contribution in [0.3, 0.4) is 0 Å². The van der Waals surface area contributed by atoms with Crippen molar-refractivity contribution in [2.75, 3.05) is 46.4 Å². The second-order valence-electron chi connectivity index (χ2n) is 4.91. The Morgan fingerprint density at radius 2 is 2.11 bits per heavy atom. The summed E-state index contributed by atoms with van der Waals surface area (Å²) in [6.07, 6.45) is 2.76. The Kier molecular flexibility index (Phi) is 7.23. The zero-order chi connectivity index (χ0) is 13.4. The fourth-order valence-electron chi connectivity index (χ4n) is 2.30. The van der Waals surface area contributed by atoms with Gasteiger partial charge >= 0.3 is 0 Å². The Bertz CT molecular complexity index is 248. The van der Waals surface area contributed by atoms with E-state index in [4.69, 9.17) is 10.5 Å². The van der Waals surface area contributed by atoms with Crippen LogP contribution in [-0.2, 0) is 9.53 Å². The van der Waals surface area contributed by atoms with Crippen LogP contribution in [-0.4, -0.2) is 68.2 Å². The molecule has 0 aromatic carbocycles. The van der Waals surface area contributed by atoms with Crippen LogP contribution in [0.5, 0.6) is 0 Å². The Balaban J connectivity index is 2.38. The lowest BCUT2D eigenvalue weighted by Gasteiger charge is -2.24. The van der Waals surface area contributed by atoms with Gasteiger partial charge in [0.25, 0.3) is 0 Å². The van der Waals surface area contributed by atoms with Crippen molar-refractivity contribution in [3.63, 3.8) is 0 Å². The van der Waals surface area contributed by atoms with Gasteiger partial charge in [-0.3, -0.25) is 9.69 Å². The molecule has 0 spiro atoms. The number of ether oxygens (including phenoxy) is 1. The van der Waals surface area contributed by atoms with Crippen molar-refractivity contribution in [2.24, 2.45) is 5.73 Å². The number of hydrogen-bond acceptors (Lipinski definition) is 4. The SMILES string of the molecule is CCC[C@@H](N)C(=O)N1CCCN(CCOC)CC1. The number of amides is 1. The maximum atomic E-state index is 12.1. The Labute approximate surface area is 110 Å². The predicted octanol–water partition coefficient (Wildman–Crippen LogP) is 0.295. The molecule has 1 fully saturated rings. The molecule has 106 valence electrons. The van der Waals surface area contributed by atoms with Gasteiger partial charge in [-0.1, -0.05) is 13.3 Å². The van der Waals surface area contributed by atoms with Gasteiger partial charge < -0.3 is 15.4 Å². The molecule has 0 saturated carbocycles. The van der Waals surface area contributed by atoms with Crippen LogP contribution in [0.1, 0.15) is 26.2 Å². The maximum absolute atomic E-state index is 12.1. The molecule has 5 nitrogen and oxygen atoms in total. The minimum Gasteiger partial charge on any atom is -0.383 e. The lowest BCUT2D eigenvalue weighted by Crippen LogP contribution is -2.45. The van der Waals surface area contributed by atoms with Gasteiger partial charge in [0.15, 0.2) is 0 Å². The number of methoxy groups -OCH3 is 1. The average molecular weight is 257 g/mol. The second-order valence-corrected chi connectivity index (χ2v) is 4.91. The van der Waals surface area contributed by atoms with Gasteiger partial charge in [0.1, 0.15) is 0 Å². The Morgan fingerprint density at radius 1 is 1.33 bits per heavy atom. The highest BCUT2D eigenvalue weighted by Crippen LogP contribution is 2.06. The molecule has 2 N–H and O–H groups in total. The molecule has 1 saturated heterocycles. The van der Waals surface area contributed by atoms with Crippen LogP contribution in [0, 0.1) is 0 Å². The highest BCUT2D eigenvalue weighted by Gasteiger charge is 2.22. The van der Waals surface area contributed by atoms with E-state index >= 15 is 0 Å². The van der Waals surface area contributed by atoms with E-state index in [2.05, 4.69) is 11.8 Å². The Hall–Kier alpha value is -0.650. The van der Waals surface area contributed by atoms with Gasteiger partial charge in [-0.05, 0) is 19.4 Å². The first kappa shape index (κ1) is 15.4. The molecule has 1 aliphatic rings. The monoisotopic (exact) mass is 257 g/mol. The molecule has 0 aromatic rings. The maximum Gasteiger partial charge on any atom is 0.239 e. The molecule has 0 bridgehead atoms. The second kappa shape index (κ2) is 8.45. The number of hydrogen-bond donors (Lipinski definition) is 1. The zero-order valence-corrected chi connectivity index (χ0v) is 11.7. The van der Waals surface area contributed by atoms with Crippen molar-refractivity contribution in [3.8, 4) is 0 Å². The summed E-state index contributed by atoms with van der Waals surface area (Å²) in [4.78, 5) is 16.4. The highest BCUT2D eigenvalue weighted by atomic mass is 16.5. The summed E-state index contributed by atoms with van der Waals surface area (Å²) >= 11 is 0. The summed E-state index contributed by atoms with van der Waals surface area (Å²) in [6, 6.07) is -0.319. The molecule has 0 radical (unpaired) electrons. The smallest absolute Gasteiger partial charge is 0.239 e. The summed E-state index contributed by atoms with van der Waals surface area (Å²) < 4.78 is 5.09. The van der Waals surface area contributed by atoms with E-state index in [1.54, 1.807) is 7.11 Å². The van der Waals surface area contributed by atoms with E-state index < -0.39 is 0 Å². The van der Waals surface area contributed by atoms with Gasteiger partial charge in [-0.2, -0.15) is 0 Å². The third kappa shape index (κ3) is 4.92. The first-order valence-electron chi connectivity index (χ1n) is 6.94. The van der Waals surface area contributed by atoms with Crippen LogP contribution in [0.25, 0.3) is 0 Å². The highest BCUT2D eigenvalue weighted by molar-refractivity contribution is 5.81. The van der Waals surface area contributed by atoms with E-state index in [0.717, 1.165) is 58.6 Å². The number of rotatable bonds is 6. The summed E-state index contributed by atoms with van der Waals surface area (Å²) in [5, 5.41) is 0. The van der Waals surface area contributed by atoms with Crippen LogP contribution in [0.4, 0.5) is 0 Å². The standard InChI is InChI=1S/C13H27N3O2/c1-3-5-12(14)13(17)16-7-4-6-15(8-9-16)10-11-18-2/h12H,3-11,14H2,1-2H3/t12-/m1/s1. The van der Waals surface area contributed by atoms with E-state index in [1.807, 2.05) is 4.90 Å². The lowest BCUT2D eigenvalue weighted by molar-refractivity contribution is -0.132. The Morgan fingerprint density at radius 3 is 2.78 bits per heavy atom. The first-order valence-corrected chi connectivity index (χ1v) is 6.94. The molecule has 18 heavy (non-hydrogen) atoms. The third-order valence-corrected chi connectivity index (χ3v) is 3.43. The van der Waals surface area contributed by atoms with E-state index in [0.29, 0.717) is 0 Å². The van der Waals surface area contributed by atoms with Crippen LogP contribution in [0.15, 0.2) is 0 Å². The fourth-order valence-corrected chi connectivity index (χ4v) is 2.30. The molecular weight excluding hydrogens is 230 g/mol. The van der Waals surface area contributed by atoms with Crippen LogP contribution < -0.4 is 5.73 Å². The molecular formula is C13H27N3O2. The summed E-state index contributed by atoms with van der Waals surface area (Å²) in [7, 11) is 1.72. The molecule has 1 rings (SSSR count). The van der Waals surface area contributed by atoms with Gasteiger partial charge in [0.2, 0.25) is 5.91 Å².